The number of benzene rings is 2. The van der Waals surface area contributed by atoms with Gasteiger partial charge in [-0.05, 0) is 61.2 Å². The molecule has 174 valence electrons. The van der Waals surface area contributed by atoms with Gasteiger partial charge in [0.25, 0.3) is 5.91 Å². The van der Waals surface area contributed by atoms with Crippen LogP contribution in [0.5, 0.6) is 17.2 Å². The first kappa shape index (κ1) is 23.9. The number of carbonyl (C=O) groups excluding carboxylic acids is 1. The summed E-state index contributed by atoms with van der Waals surface area (Å²) in [6.45, 7) is 3.02. The first-order valence-electron chi connectivity index (χ1n) is 10.6. The lowest BCUT2D eigenvalue weighted by atomic mass is 10.2. The van der Waals surface area contributed by atoms with E-state index in [0.29, 0.717) is 42.4 Å². The van der Waals surface area contributed by atoms with E-state index in [1.807, 2.05) is 6.07 Å². The van der Waals surface area contributed by atoms with Crippen LogP contribution in [0.25, 0.3) is 0 Å². The molecule has 3 rings (SSSR count). The van der Waals surface area contributed by atoms with Gasteiger partial charge in [-0.1, -0.05) is 12.5 Å². The highest BCUT2D eigenvalue weighted by molar-refractivity contribution is 7.89. The molecule has 1 aliphatic heterocycles. The average molecular weight is 463 g/mol. The van der Waals surface area contributed by atoms with E-state index in [1.165, 1.54) is 10.4 Å². The van der Waals surface area contributed by atoms with Crippen LogP contribution in [0.1, 0.15) is 30.4 Å². The molecule has 0 aliphatic carbocycles. The molecule has 0 atom stereocenters. The van der Waals surface area contributed by atoms with E-state index in [4.69, 9.17) is 14.2 Å². The van der Waals surface area contributed by atoms with Crippen LogP contribution in [-0.4, -0.2) is 52.5 Å². The summed E-state index contributed by atoms with van der Waals surface area (Å²) in [4.78, 5) is 12.5. The summed E-state index contributed by atoms with van der Waals surface area (Å²) >= 11 is 0. The minimum Gasteiger partial charge on any atom is -0.493 e. The molecule has 0 radical (unpaired) electrons. The highest BCUT2D eigenvalue weighted by Gasteiger charge is 2.26. The van der Waals surface area contributed by atoms with E-state index in [9.17, 15) is 13.2 Å². The number of aryl methyl sites for hydroxylation is 1. The van der Waals surface area contributed by atoms with Gasteiger partial charge in [0.1, 0.15) is 5.75 Å². The van der Waals surface area contributed by atoms with Gasteiger partial charge in [-0.15, -0.1) is 0 Å². The first-order valence-corrected chi connectivity index (χ1v) is 12.0. The summed E-state index contributed by atoms with van der Waals surface area (Å²) in [7, 11) is -0.385. The third kappa shape index (κ3) is 5.72. The summed E-state index contributed by atoms with van der Waals surface area (Å²) in [6.07, 6.45) is 2.83. The Labute approximate surface area is 189 Å². The van der Waals surface area contributed by atoms with E-state index < -0.39 is 10.0 Å². The molecule has 0 aromatic heterocycles. The van der Waals surface area contributed by atoms with Gasteiger partial charge in [-0.25, -0.2) is 8.42 Å². The third-order valence-corrected chi connectivity index (χ3v) is 7.29. The van der Waals surface area contributed by atoms with Crippen LogP contribution in [-0.2, 0) is 21.4 Å². The molecule has 1 amide bonds. The summed E-state index contributed by atoms with van der Waals surface area (Å²) < 4.78 is 43.3. The van der Waals surface area contributed by atoms with Crippen molar-refractivity contribution < 1.29 is 27.4 Å². The maximum atomic E-state index is 12.8. The Bertz CT molecular complexity index is 1050. The summed E-state index contributed by atoms with van der Waals surface area (Å²) in [6, 6.07) is 10.2. The molecule has 8 nitrogen and oxygen atoms in total. The zero-order valence-corrected chi connectivity index (χ0v) is 19.5. The summed E-state index contributed by atoms with van der Waals surface area (Å²) in [5.74, 6) is 1.39. The van der Waals surface area contributed by atoms with Crippen molar-refractivity contribution in [2.24, 2.45) is 0 Å². The van der Waals surface area contributed by atoms with Crippen molar-refractivity contribution in [2.75, 3.05) is 33.9 Å². The molecule has 9 heteroatoms. The number of ether oxygens (including phenoxy) is 3. The van der Waals surface area contributed by atoms with Crippen LogP contribution in [0.3, 0.4) is 0 Å². The molecular weight excluding hydrogens is 432 g/mol. The molecule has 2 aromatic rings. The molecule has 0 bridgehead atoms. The lowest BCUT2D eigenvalue weighted by Crippen LogP contribution is -2.35. The second kappa shape index (κ2) is 10.7. The Hall–Kier alpha value is -2.78. The minimum absolute atomic E-state index is 0.174. The van der Waals surface area contributed by atoms with Gasteiger partial charge >= 0.3 is 0 Å². The number of nitrogens with one attached hydrogen (secondary N) is 1. The molecule has 0 spiro atoms. The zero-order valence-electron chi connectivity index (χ0n) is 18.7. The van der Waals surface area contributed by atoms with Crippen molar-refractivity contribution >= 4 is 15.9 Å². The molecular formula is C23H30N2O6S. The number of sulfonamides is 1. The van der Waals surface area contributed by atoms with Crippen molar-refractivity contribution in [2.45, 2.75) is 37.6 Å². The number of nitrogens with zero attached hydrogens (tertiary/aromatic N) is 1. The Morgan fingerprint density at radius 1 is 0.969 bits per heavy atom. The number of carbonyl (C=O) groups is 1. The van der Waals surface area contributed by atoms with Crippen LogP contribution in [0, 0.1) is 6.92 Å². The number of methoxy groups -OCH3 is 2. The van der Waals surface area contributed by atoms with Crippen LogP contribution in [0.15, 0.2) is 41.3 Å². The summed E-state index contributed by atoms with van der Waals surface area (Å²) in [5.41, 5.74) is 1.52. The van der Waals surface area contributed by atoms with Crippen LogP contribution >= 0.6 is 0 Å². The molecule has 1 saturated heterocycles. The number of rotatable bonds is 9. The fourth-order valence-electron chi connectivity index (χ4n) is 3.58. The molecule has 0 saturated carbocycles. The largest absolute Gasteiger partial charge is 0.493 e. The Kier molecular flexibility index (Phi) is 7.98. The van der Waals surface area contributed by atoms with Gasteiger partial charge in [-0.3, -0.25) is 4.79 Å². The number of piperidine rings is 1. The Balaban J connectivity index is 1.56. The average Bonchev–Trinajstić information content (AvgIpc) is 2.82. The van der Waals surface area contributed by atoms with Crippen molar-refractivity contribution in [1.29, 1.82) is 0 Å². The lowest BCUT2D eigenvalue weighted by molar-refractivity contribution is -0.123. The first-order chi connectivity index (χ1) is 15.3. The standard InChI is InChI=1S/C23H30N2O6S/c1-17-13-19(32(27,28)25-11-5-4-6-12-25)8-10-20(17)31-16-23(26)24-15-18-7-9-21(29-2)22(14-18)30-3/h7-10,13-14H,4-6,11-12,15-16H2,1-3H3,(H,24,26). The smallest absolute Gasteiger partial charge is 0.258 e. The van der Waals surface area contributed by atoms with Gasteiger partial charge < -0.3 is 19.5 Å². The van der Waals surface area contributed by atoms with Gasteiger partial charge in [0, 0.05) is 19.6 Å². The summed E-state index contributed by atoms with van der Waals surface area (Å²) in [5, 5.41) is 2.79. The van der Waals surface area contributed by atoms with Gasteiger partial charge in [0.05, 0.1) is 19.1 Å². The van der Waals surface area contributed by atoms with Crippen LogP contribution in [0.2, 0.25) is 0 Å². The predicted molar refractivity (Wildman–Crippen MR) is 121 cm³/mol. The van der Waals surface area contributed by atoms with Crippen molar-refractivity contribution in [1.82, 2.24) is 9.62 Å². The van der Waals surface area contributed by atoms with Crippen LogP contribution < -0.4 is 19.5 Å². The molecule has 1 fully saturated rings. The molecule has 1 aliphatic rings. The van der Waals surface area contributed by atoms with E-state index >= 15 is 0 Å². The Morgan fingerprint density at radius 2 is 1.66 bits per heavy atom. The SMILES string of the molecule is COc1ccc(CNC(=O)COc2ccc(S(=O)(=O)N3CCCCC3)cc2C)cc1OC. The van der Waals surface area contributed by atoms with Crippen molar-refractivity contribution in [3.8, 4) is 17.2 Å². The molecule has 1 N–H and O–H groups in total. The minimum atomic E-state index is -3.50. The normalized spacial score (nSPS) is 14.6. The lowest BCUT2D eigenvalue weighted by Gasteiger charge is -2.26. The van der Waals surface area contributed by atoms with E-state index in [2.05, 4.69) is 5.32 Å². The highest BCUT2D eigenvalue weighted by Crippen LogP contribution is 2.28. The molecule has 2 aromatic carbocycles. The van der Waals surface area contributed by atoms with E-state index in [1.54, 1.807) is 45.4 Å². The fourth-order valence-corrected chi connectivity index (χ4v) is 5.19. The number of amides is 1. The van der Waals surface area contributed by atoms with Crippen LogP contribution in [0.4, 0.5) is 0 Å². The monoisotopic (exact) mass is 462 g/mol. The molecule has 0 unspecified atom stereocenters. The molecule has 32 heavy (non-hydrogen) atoms. The predicted octanol–water partition coefficient (Wildman–Crippen LogP) is 2.88. The topological polar surface area (TPSA) is 94.2 Å². The van der Waals surface area contributed by atoms with Crippen molar-refractivity contribution in [3.63, 3.8) is 0 Å². The Morgan fingerprint density at radius 3 is 2.31 bits per heavy atom. The number of hydrogen-bond acceptors (Lipinski definition) is 6. The van der Waals surface area contributed by atoms with E-state index in [0.717, 1.165) is 24.8 Å². The van der Waals surface area contributed by atoms with Gasteiger partial charge in [0.2, 0.25) is 10.0 Å². The van der Waals surface area contributed by atoms with E-state index in [-0.39, 0.29) is 17.4 Å². The second-order valence-corrected chi connectivity index (χ2v) is 9.58. The molecule has 1 heterocycles. The van der Waals surface area contributed by atoms with Gasteiger partial charge in [0.15, 0.2) is 18.1 Å². The highest BCUT2D eigenvalue weighted by atomic mass is 32.2. The third-order valence-electron chi connectivity index (χ3n) is 5.40. The second-order valence-electron chi connectivity index (χ2n) is 7.65. The maximum Gasteiger partial charge on any atom is 0.258 e. The fraction of sp³-hybridized carbons (Fsp3) is 0.435. The quantitative estimate of drug-likeness (QED) is 0.616. The maximum absolute atomic E-state index is 12.8. The van der Waals surface area contributed by atoms with Gasteiger partial charge in [-0.2, -0.15) is 4.31 Å². The number of hydrogen-bond donors (Lipinski definition) is 1. The van der Waals surface area contributed by atoms with Crippen molar-refractivity contribution in [3.05, 3.63) is 47.5 Å². The zero-order chi connectivity index (χ0) is 23.1.